The minimum atomic E-state index is -0.447. The third-order valence-electron chi connectivity index (χ3n) is 2.09. The first-order valence-corrected chi connectivity index (χ1v) is 4.60. The van der Waals surface area contributed by atoms with Gasteiger partial charge in [0.25, 0.3) is 0 Å². The minimum absolute atomic E-state index is 0.0336. The Morgan fingerprint density at radius 2 is 2.25 bits per heavy atom. The summed E-state index contributed by atoms with van der Waals surface area (Å²) in [5.41, 5.74) is 0. The zero-order valence-electron chi connectivity index (χ0n) is 7.99. The number of hydrogen-bond donors (Lipinski definition) is 1. The number of ether oxygens (including phenoxy) is 2. The van der Waals surface area contributed by atoms with E-state index in [1.165, 1.54) is 0 Å². The van der Waals surface area contributed by atoms with Crippen LogP contribution in [0.15, 0.2) is 0 Å². The van der Waals surface area contributed by atoms with Gasteiger partial charge in [0.05, 0.1) is 18.8 Å². The Balaban J connectivity index is 2.38. The molecule has 1 aliphatic rings. The summed E-state index contributed by atoms with van der Waals surface area (Å²) in [5, 5.41) is 9.65. The maximum atomic E-state index is 9.65. The average Bonchev–Trinajstić information content (AvgIpc) is 2.32. The first-order valence-electron chi connectivity index (χ1n) is 4.60. The van der Waals surface area contributed by atoms with Gasteiger partial charge >= 0.3 is 0 Å². The molecule has 0 aromatic carbocycles. The van der Waals surface area contributed by atoms with E-state index >= 15 is 0 Å². The molecule has 1 heterocycles. The van der Waals surface area contributed by atoms with E-state index in [2.05, 4.69) is 0 Å². The average molecular weight is 174 g/mol. The van der Waals surface area contributed by atoms with Crippen molar-refractivity contribution >= 4 is 0 Å². The maximum absolute atomic E-state index is 9.65. The lowest BCUT2D eigenvalue weighted by molar-refractivity contribution is -0.0462. The Hall–Kier alpha value is -0.120. The second kappa shape index (κ2) is 4.21. The number of hydrogen-bond acceptors (Lipinski definition) is 3. The van der Waals surface area contributed by atoms with Crippen molar-refractivity contribution in [1.82, 2.24) is 0 Å². The number of rotatable bonds is 3. The maximum Gasteiger partial charge on any atom is 0.110 e. The normalized spacial score (nSPS) is 36.2. The van der Waals surface area contributed by atoms with Gasteiger partial charge < -0.3 is 14.6 Å². The molecule has 1 N–H and O–H groups in total. The van der Waals surface area contributed by atoms with Gasteiger partial charge in [-0.2, -0.15) is 0 Å². The van der Waals surface area contributed by atoms with Gasteiger partial charge in [-0.25, -0.2) is 0 Å². The zero-order valence-corrected chi connectivity index (χ0v) is 7.99. The molecule has 0 radical (unpaired) electrons. The summed E-state index contributed by atoms with van der Waals surface area (Å²) in [5.74, 6) is 0. The number of aliphatic hydroxyl groups is 1. The van der Waals surface area contributed by atoms with Crippen LogP contribution in [-0.4, -0.2) is 36.1 Å². The molecule has 0 saturated carbocycles. The number of aliphatic hydroxyl groups excluding tert-OH is 1. The second-order valence-corrected chi connectivity index (χ2v) is 3.49. The quantitative estimate of drug-likeness (QED) is 0.692. The molecule has 3 nitrogen and oxygen atoms in total. The zero-order chi connectivity index (χ0) is 9.14. The van der Waals surface area contributed by atoms with Gasteiger partial charge in [-0.1, -0.05) is 6.92 Å². The molecule has 72 valence electrons. The molecular weight excluding hydrogens is 156 g/mol. The predicted molar refractivity (Wildman–Crippen MR) is 46.0 cm³/mol. The highest BCUT2D eigenvalue weighted by Crippen LogP contribution is 2.20. The van der Waals surface area contributed by atoms with Gasteiger partial charge in [0.1, 0.15) is 12.2 Å². The van der Waals surface area contributed by atoms with Crippen LogP contribution in [0.25, 0.3) is 0 Å². The van der Waals surface area contributed by atoms with Crippen LogP contribution in [0, 0.1) is 0 Å². The van der Waals surface area contributed by atoms with Crippen LogP contribution >= 0.6 is 0 Å². The third kappa shape index (κ3) is 2.19. The largest absolute Gasteiger partial charge is 0.388 e. The van der Waals surface area contributed by atoms with Gasteiger partial charge in [0.15, 0.2) is 0 Å². The lowest BCUT2D eigenvalue weighted by atomic mass is 10.1. The van der Waals surface area contributed by atoms with Gasteiger partial charge in [-0.05, 0) is 20.3 Å². The van der Waals surface area contributed by atoms with Gasteiger partial charge in [-0.15, -0.1) is 0 Å². The summed E-state index contributed by atoms with van der Waals surface area (Å²) >= 11 is 0. The van der Waals surface area contributed by atoms with Crippen LogP contribution in [0.3, 0.4) is 0 Å². The molecule has 1 aliphatic heterocycles. The molecule has 3 heteroatoms. The lowest BCUT2D eigenvalue weighted by Crippen LogP contribution is -2.33. The van der Waals surface area contributed by atoms with Crippen molar-refractivity contribution < 1.29 is 14.6 Å². The summed E-state index contributed by atoms with van der Waals surface area (Å²) in [6.07, 6.45) is 0.393. The smallest absolute Gasteiger partial charge is 0.110 e. The first-order chi connectivity index (χ1) is 5.65. The summed E-state index contributed by atoms with van der Waals surface area (Å²) in [7, 11) is 0. The van der Waals surface area contributed by atoms with Crippen molar-refractivity contribution in [3.05, 3.63) is 0 Å². The van der Waals surface area contributed by atoms with Gasteiger partial charge in [0, 0.05) is 0 Å². The molecule has 0 spiro atoms. The lowest BCUT2D eigenvalue weighted by Gasteiger charge is -2.18. The Kier molecular flexibility index (Phi) is 3.50. The Bertz CT molecular complexity index is 136. The van der Waals surface area contributed by atoms with Crippen molar-refractivity contribution in [1.29, 1.82) is 0 Å². The standard InChI is InChI=1S/C9H18O3/c1-4-7-9(10)8(5-11-7)12-6(2)3/h6-10H,4-5H2,1-3H3/t7-,8+,9-/m1/s1. The molecule has 0 aromatic heterocycles. The highest BCUT2D eigenvalue weighted by atomic mass is 16.6. The van der Waals surface area contributed by atoms with Crippen LogP contribution in [0.5, 0.6) is 0 Å². The SMILES string of the molecule is CC[C@H]1OC[C@H](OC(C)C)[C@@H]1O. The van der Waals surface area contributed by atoms with E-state index in [4.69, 9.17) is 9.47 Å². The van der Waals surface area contributed by atoms with E-state index in [0.717, 1.165) is 6.42 Å². The summed E-state index contributed by atoms with van der Waals surface area (Å²) in [6, 6.07) is 0. The highest BCUT2D eigenvalue weighted by molar-refractivity contribution is 4.83. The fourth-order valence-electron chi connectivity index (χ4n) is 1.48. The minimum Gasteiger partial charge on any atom is -0.388 e. The molecular formula is C9H18O3. The van der Waals surface area contributed by atoms with Crippen molar-refractivity contribution in [2.45, 2.75) is 51.6 Å². The van der Waals surface area contributed by atoms with Crippen molar-refractivity contribution in [2.75, 3.05) is 6.61 Å². The fourth-order valence-corrected chi connectivity index (χ4v) is 1.48. The first kappa shape index (κ1) is 9.96. The van der Waals surface area contributed by atoms with Crippen molar-refractivity contribution in [3.8, 4) is 0 Å². The van der Waals surface area contributed by atoms with E-state index in [0.29, 0.717) is 6.61 Å². The second-order valence-electron chi connectivity index (χ2n) is 3.49. The molecule has 0 aromatic rings. The van der Waals surface area contributed by atoms with Crippen molar-refractivity contribution in [3.63, 3.8) is 0 Å². The van der Waals surface area contributed by atoms with E-state index < -0.39 is 6.10 Å². The summed E-state index contributed by atoms with van der Waals surface area (Å²) in [6.45, 7) is 6.46. The Morgan fingerprint density at radius 3 is 2.67 bits per heavy atom. The topological polar surface area (TPSA) is 38.7 Å². The van der Waals surface area contributed by atoms with Crippen molar-refractivity contribution in [2.24, 2.45) is 0 Å². The molecule has 0 unspecified atom stereocenters. The molecule has 0 amide bonds. The van der Waals surface area contributed by atoms with Crippen LogP contribution in [0.1, 0.15) is 27.2 Å². The molecule has 0 bridgehead atoms. The third-order valence-corrected chi connectivity index (χ3v) is 2.09. The van der Waals surface area contributed by atoms with Crippen LogP contribution < -0.4 is 0 Å². The summed E-state index contributed by atoms with van der Waals surface area (Å²) in [4.78, 5) is 0. The highest BCUT2D eigenvalue weighted by Gasteiger charge is 2.35. The molecule has 12 heavy (non-hydrogen) atoms. The monoisotopic (exact) mass is 174 g/mol. The van der Waals surface area contributed by atoms with E-state index in [1.54, 1.807) is 0 Å². The molecule has 1 fully saturated rings. The Labute approximate surface area is 73.7 Å². The molecule has 0 aliphatic carbocycles. The van der Waals surface area contributed by atoms with Gasteiger partial charge in [0.2, 0.25) is 0 Å². The fraction of sp³-hybridized carbons (Fsp3) is 1.00. The van der Waals surface area contributed by atoms with Crippen LogP contribution in [0.2, 0.25) is 0 Å². The van der Waals surface area contributed by atoms with Crippen LogP contribution in [0.4, 0.5) is 0 Å². The van der Waals surface area contributed by atoms with E-state index in [1.807, 2.05) is 20.8 Å². The molecule has 3 atom stereocenters. The van der Waals surface area contributed by atoms with E-state index in [9.17, 15) is 5.11 Å². The van der Waals surface area contributed by atoms with Crippen LogP contribution in [-0.2, 0) is 9.47 Å². The Morgan fingerprint density at radius 1 is 1.58 bits per heavy atom. The predicted octanol–water partition coefficient (Wildman–Crippen LogP) is 0.950. The molecule has 1 rings (SSSR count). The molecule has 1 saturated heterocycles. The van der Waals surface area contributed by atoms with Gasteiger partial charge in [-0.3, -0.25) is 0 Å². The summed E-state index contributed by atoms with van der Waals surface area (Å²) < 4.78 is 10.8. The van der Waals surface area contributed by atoms with E-state index in [-0.39, 0.29) is 18.3 Å².